The Bertz CT molecular complexity index is 801. The number of aromatic nitrogens is 2. The van der Waals surface area contributed by atoms with Crippen molar-refractivity contribution in [2.75, 3.05) is 6.54 Å². The summed E-state index contributed by atoms with van der Waals surface area (Å²) < 4.78 is 11.1. The average Bonchev–Trinajstić information content (AvgIpc) is 3.25. The summed E-state index contributed by atoms with van der Waals surface area (Å²) in [4.78, 5) is 18.9. The number of fused-ring (bicyclic) bond motifs is 1. The van der Waals surface area contributed by atoms with Gasteiger partial charge in [0, 0.05) is 19.4 Å². The molecule has 1 fully saturated rings. The molecule has 2 aliphatic heterocycles. The maximum absolute atomic E-state index is 13.0. The van der Waals surface area contributed by atoms with Crippen molar-refractivity contribution in [1.82, 2.24) is 15.0 Å². The lowest BCUT2D eigenvalue weighted by atomic mass is 10.0. The Morgan fingerprint density at radius 3 is 2.76 bits per heavy atom. The second kappa shape index (κ2) is 5.84. The van der Waals surface area contributed by atoms with E-state index < -0.39 is 18.2 Å². The van der Waals surface area contributed by atoms with Crippen LogP contribution in [0.2, 0.25) is 0 Å². The molecule has 1 N–H and O–H groups in total. The van der Waals surface area contributed by atoms with Crippen LogP contribution in [0.25, 0.3) is 0 Å². The van der Waals surface area contributed by atoms with Crippen LogP contribution < -0.4 is 4.74 Å². The Morgan fingerprint density at radius 2 is 2.04 bits per heavy atom. The fourth-order valence-corrected chi connectivity index (χ4v) is 3.58. The van der Waals surface area contributed by atoms with Gasteiger partial charge in [-0.15, -0.1) is 0 Å². The van der Waals surface area contributed by atoms with Crippen molar-refractivity contribution in [1.29, 1.82) is 0 Å². The van der Waals surface area contributed by atoms with Crippen LogP contribution in [0, 0.1) is 20.8 Å². The third kappa shape index (κ3) is 2.78. The quantitative estimate of drug-likeness (QED) is 0.892. The molecule has 7 nitrogen and oxygen atoms in total. The van der Waals surface area contributed by atoms with Gasteiger partial charge in [-0.2, -0.15) is 4.98 Å². The van der Waals surface area contributed by atoms with E-state index in [0.717, 1.165) is 16.9 Å². The van der Waals surface area contributed by atoms with Crippen LogP contribution in [0.4, 0.5) is 0 Å². The molecule has 1 aromatic carbocycles. The van der Waals surface area contributed by atoms with Gasteiger partial charge in [0.25, 0.3) is 5.91 Å². The minimum atomic E-state index is -0.602. The van der Waals surface area contributed by atoms with Crippen LogP contribution in [0.3, 0.4) is 0 Å². The molecule has 0 spiro atoms. The van der Waals surface area contributed by atoms with Crippen LogP contribution in [-0.4, -0.2) is 44.8 Å². The zero-order chi connectivity index (χ0) is 17.7. The molecule has 1 aromatic heterocycles. The van der Waals surface area contributed by atoms with Gasteiger partial charge in [-0.3, -0.25) is 4.79 Å². The molecule has 3 heterocycles. The van der Waals surface area contributed by atoms with Gasteiger partial charge < -0.3 is 19.3 Å². The first-order valence-electron chi connectivity index (χ1n) is 8.48. The molecule has 2 aromatic rings. The number of hydrogen-bond acceptors (Lipinski definition) is 6. The first-order chi connectivity index (χ1) is 11.9. The third-order valence-corrected chi connectivity index (χ3v) is 5.02. The highest BCUT2D eigenvalue weighted by Crippen LogP contribution is 2.36. The van der Waals surface area contributed by atoms with E-state index in [1.807, 2.05) is 13.0 Å². The van der Waals surface area contributed by atoms with Gasteiger partial charge in [0.2, 0.25) is 5.89 Å². The monoisotopic (exact) mass is 343 g/mol. The number of carbonyl (C=O) groups is 1. The first kappa shape index (κ1) is 16.1. The summed E-state index contributed by atoms with van der Waals surface area (Å²) in [6.45, 7) is 6.06. The molecule has 0 saturated carbocycles. The summed E-state index contributed by atoms with van der Waals surface area (Å²) in [5.74, 6) is 1.50. The minimum Gasteiger partial charge on any atom is -0.480 e. The van der Waals surface area contributed by atoms with E-state index in [-0.39, 0.29) is 12.5 Å². The van der Waals surface area contributed by atoms with Crippen LogP contribution in [-0.2, 0) is 11.2 Å². The lowest BCUT2D eigenvalue weighted by molar-refractivity contribution is -0.139. The topological polar surface area (TPSA) is 88.7 Å². The predicted molar refractivity (Wildman–Crippen MR) is 88.1 cm³/mol. The fraction of sp³-hybridized carbons (Fsp3) is 0.500. The molecule has 0 unspecified atom stereocenters. The molecule has 1 amide bonds. The number of aliphatic hydroxyl groups is 1. The van der Waals surface area contributed by atoms with Gasteiger partial charge in [0.1, 0.15) is 11.8 Å². The Hall–Kier alpha value is -2.41. The maximum atomic E-state index is 13.0. The van der Waals surface area contributed by atoms with Crippen molar-refractivity contribution >= 4 is 5.91 Å². The molecule has 0 bridgehead atoms. The van der Waals surface area contributed by atoms with Crippen molar-refractivity contribution in [3.63, 3.8) is 0 Å². The Balaban J connectivity index is 1.56. The summed E-state index contributed by atoms with van der Waals surface area (Å²) in [5.41, 5.74) is 3.38. The Labute approximate surface area is 145 Å². The molecular formula is C18H21N3O4. The van der Waals surface area contributed by atoms with E-state index in [2.05, 4.69) is 23.1 Å². The van der Waals surface area contributed by atoms with E-state index in [0.29, 0.717) is 24.6 Å². The molecule has 4 rings (SSSR count). The van der Waals surface area contributed by atoms with E-state index >= 15 is 0 Å². The molecule has 0 aliphatic carbocycles. The Morgan fingerprint density at radius 1 is 1.28 bits per heavy atom. The van der Waals surface area contributed by atoms with Gasteiger partial charge in [-0.05, 0) is 43.5 Å². The molecular weight excluding hydrogens is 322 g/mol. The molecule has 0 radical (unpaired) electrons. The largest absolute Gasteiger partial charge is 0.480 e. The lowest BCUT2D eigenvalue weighted by Gasteiger charge is -2.24. The molecule has 1 saturated heterocycles. The average molecular weight is 343 g/mol. The third-order valence-electron chi connectivity index (χ3n) is 5.02. The van der Waals surface area contributed by atoms with E-state index in [1.54, 1.807) is 11.8 Å². The SMILES string of the molecule is Cc1noc([C@H]2C[C@H](O)CN2C(=O)[C@H]2Cc3cc(C)c(C)cc3O2)n1. The highest BCUT2D eigenvalue weighted by Gasteiger charge is 2.43. The van der Waals surface area contributed by atoms with Crippen LogP contribution in [0.5, 0.6) is 5.75 Å². The zero-order valence-corrected chi connectivity index (χ0v) is 14.5. The van der Waals surface area contributed by atoms with E-state index in [4.69, 9.17) is 9.26 Å². The van der Waals surface area contributed by atoms with Gasteiger partial charge in [0.15, 0.2) is 11.9 Å². The highest BCUT2D eigenvalue weighted by atomic mass is 16.5. The maximum Gasteiger partial charge on any atom is 0.264 e. The van der Waals surface area contributed by atoms with Crippen molar-refractivity contribution < 1.29 is 19.2 Å². The van der Waals surface area contributed by atoms with Gasteiger partial charge in [-0.25, -0.2) is 0 Å². The first-order valence-corrected chi connectivity index (χ1v) is 8.48. The van der Waals surface area contributed by atoms with Crippen molar-refractivity contribution in [3.8, 4) is 5.75 Å². The van der Waals surface area contributed by atoms with Gasteiger partial charge in [-0.1, -0.05) is 11.2 Å². The lowest BCUT2D eigenvalue weighted by Crippen LogP contribution is -2.41. The predicted octanol–water partition coefficient (Wildman–Crippen LogP) is 1.63. The molecule has 2 aliphatic rings. The van der Waals surface area contributed by atoms with E-state index in [9.17, 15) is 9.90 Å². The number of ether oxygens (including phenoxy) is 1. The molecule has 7 heteroatoms. The number of aliphatic hydroxyl groups excluding tert-OH is 1. The summed E-state index contributed by atoms with van der Waals surface area (Å²) in [7, 11) is 0. The number of aryl methyl sites for hydroxylation is 3. The second-order valence-corrected chi connectivity index (χ2v) is 6.93. The van der Waals surface area contributed by atoms with Crippen LogP contribution >= 0.6 is 0 Å². The van der Waals surface area contributed by atoms with Crippen LogP contribution in [0.15, 0.2) is 16.7 Å². The zero-order valence-electron chi connectivity index (χ0n) is 14.5. The number of β-amino-alcohol motifs (C(OH)–C–C–N with tert-alkyl or cyclic N) is 1. The highest BCUT2D eigenvalue weighted by molar-refractivity contribution is 5.83. The summed E-state index contributed by atoms with van der Waals surface area (Å²) in [6, 6.07) is 3.66. The molecule has 25 heavy (non-hydrogen) atoms. The van der Waals surface area contributed by atoms with Crippen molar-refractivity contribution in [2.45, 2.75) is 51.9 Å². The number of amides is 1. The van der Waals surface area contributed by atoms with Gasteiger partial charge in [0.05, 0.1) is 6.10 Å². The number of likely N-dealkylation sites (tertiary alicyclic amines) is 1. The van der Waals surface area contributed by atoms with Crippen molar-refractivity contribution in [2.24, 2.45) is 0 Å². The second-order valence-electron chi connectivity index (χ2n) is 6.93. The van der Waals surface area contributed by atoms with Crippen molar-refractivity contribution in [3.05, 3.63) is 40.5 Å². The minimum absolute atomic E-state index is 0.149. The fourth-order valence-electron chi connectivity index (χ4n) is 3.58. The number of hydrogen-bond donors (Lipinski definition) is 1. The molecule has 3 atom stereocenters. The smallest absolute Gasteiger partial charge is 0.264 e. The van der Waals surface area contributed by atoms with Crippen LogP contribution in [0.1, 0.15) is 40.9 Å². The van der Waals surface area contributed by atoms with E-state index in [1.165, 1.54) is 5.56 Å². The Kier molecular flexibility index (Phi) is 3.76. The summed E-state index contributed by atoms with van der Waals surface area (Å²) >= 11 is 0. The number of benzene rings is 1. The molecule has 132 valence electrons. The number of nitrogens with zero attached hydrogens (tertiary/aromatic N) is 3. The standard InChI is InChI=1S/C18H21N3O4/c1-9-4-12-6-16(24-15(12)5-10(9)2)18(23)21-8-13(22)7-14(21)17-19-11(3)20-25-17/h4-5,13-14,16,22H,6-8H2,1-3H3/t13-,14+,16+/m0/s1. The normalized spacial score (nSPS) is 25.1. The van der Waals surface area contributed by atoms with Gasteiger partial charge >= 0.3 is 0 Å². The summed E-state index contributed by atoms with van der Waals surface area (Å²) in [5, 5.41) is 13.8. The number of carbonyl (C=O) groups excluding carboxylic acids is 1. The number of rotatable bonds is 2. The summed E-state index contributed by atoms with van der Waals surface area (Å²) in [6.07, 6.45) is -0.245.